The fraction of sp³-hybridized carbons (Fsp3) is 0.333. The molecule has 2 fully saturated rings. The number of carboxylic acid groups (broad SMARTS) is 1. The predicted molar refractivity (Wildman–Crippen MR) is 113 cm³/mol. The molecule has 0 radical (unpaired) electrons. The molecule has 2 aliphatic rings. The molecule has 0 saturated carbocycles. The molecule has 0 spiro atoms. The topological polar surface area (TPSA) is 67.6 Å². The van der Waals surface area contributed by atoms with Gasteiger partial charge < -0.3 is 9.84 Å². The fourth-order valence-corrected chi connectivity index (χ4v) is 4.83. The van der Waals surface area contributed by atoms with Crippen LogP contribution in [0.25, 0.3) is 16.9 Å². The number of carbonyl (C=O) groups is 1. The highest BCUT2D eigenvalue weighted by Crippen LogP contribution is 2.42. The Morgan fingerprint density at radius 3 is 2.57 bits per heavy atom. The van der Waals surface area contributed by atoms with Crippen LogP contribution in [0.4, 0.5) is 0 Å². The van der Waals surface area contributed by atoms with E-state index < -0.39 is 11.4 Å². The molecule has 3 heterocycles. The van der Waals surface area contributed by atoms with E-state index in [2.05, 4.69) is 23.2 Å². The molecule has 0 aliphatic carbocycles. The number of aromatic nitrogens is 2. The van der Waals surface area contributed by atoms with Gasteiger partial charge in [-0.2, -0.15) is 5.10 Å². The van der Waals surface area contributed by atoms with Gasteiger partial charge in [0.25, 0.3) is 0 Å². The van der Waals surface area contributed by atoms with Crippen molar-refractivity contribution in [2.24, 2.45) is 11.3 Å². The van der Waals surface area contributed by atoms with Crippen LogP contribution in [0, 0.1) is 11.3 Å². The normalized spacial score (nSPS) is 23.9. The zero-order chi connectivity index (χ0) is 20.6. The smallest absolute Gasteiger partial charge is 0.313 e. The van der Waals surface area contributed by atoms with Crippen LogP contribution in [-0.4, -0.2) is 52.1 Å². The van der Waals surface area contributed by atoms with E-state index in [4.69, 9.17) is 9.84 Å². The largest absolute Gasteiger partial charge is 0.481 e. The van der Waals surface area contributed by atoms with Crippen molar-refractivity contribution < 1.29 is 14.6 Å². The number of rotatable bonds is 5. The summed E-state index contributed by atoms with van der Waals surface area (Å²) in [6.45, 7) is 2.91. The van der Waals surface area contributed by atoms with Gasteiger partial charge in [0.2, 0.25) is 0 Å². The van der Waals surface area contributed by atoms with Gasteiger partial charge in [0.1, 0.15) is 5.41 Å². The van der Waals surface area contributed by atoms with E-state index in [1.807, 2.05) is 53.2 Å². The second-order valence-corrected chi connectivity index (χ2v) is 8.32. The van der Waals surface area contributed by atoms with Crippen molar-refractivity contribution in [1.29, 1.82) is 0 Å². The van der Waals surface area contributed by atoms with Crippen LogP contribution in [0.15, 0.2) is 66.9 Å². The minimum Gasteiger partial charge on any atom is -0.481 e. The molecule has 1 N–H and O–H groups in total. The number of hydrogen-bond acceptors (Lipinski definition) is 4. The van der Waals surface area contributed by atoms with Gasteiger partial charge in [-0.1, -0.05) is 48.5 Å². The molecule has 0 unspecified atom stereocenters. The van der Waals surface area contributed by atoms with Gasteiger partial charge in [-0.25, -0.2) is 4.68 Å². The summed E-state index contributed by atoms with van der Waals surface area (Å²) in [4.78, 5) is 14.4. The number of para-hydroxylation sites is 1. The Kier molecular flexibility index (Phi) is 4.89. The number of fused-ring (bicyclic) bond motifs is 1. The van der Waals surface area contributed by atoms with Crippen LogP contribution in [0.1, 0.15) is 12.0 Å². The number of benzene rings is 2. The molecular weight excluding hydrogens is 378 g/mol. The van der Waals surface area contributed by atoms with Crippen LogP contribution in [0.3, 0.4) is 0 Å². The van der Waals surface area contributed by atoms with Gasteiger partial charge in [-0.05, 0) is 24.5 Å². The Hall–Kier alpha value is -2.96. The second kappa shape index (κ2) is 7.70. The van der Waals surface area contributed by atoms with Crippen LogP contribution in [0.5, 0.6) is 0 Å². The Bertz CT molecular complexity index is 1030. The fourth-order valence-electron chi connectivity index (χ4n) is 4.83. The predicted octanol–water partition coefficient (Wildman–Crippen LogP) is 3.46. The molecule has 154 valence electrons. The number of aliphatic carboxylic acids is 1. The molecule has 6 nitrogen and oxygen atoms in total. The lowest BCUT2D eigenvalue weighted by molar-refractivity contribution is -0.159. The van der Waals surface area contributed by atoms with Gasteiger partial charge in [0.05, 0.1) is 18.0 Å². The molecule has 2 aliphatic heterocycles. The highest BCUT2D eigenvalue weighted by atomic mass is 16.5. The quantitative estimate of drug-likeness (QED) is 0.707. The van der Waals surface area contributed by atoms with E-state index in [0.29, 0.717) is 26.3 Å². The summed E-state index contributed by atoms with van der Waals surface area (Å²) >= 11 is 0. The maximum absolute atomic E-state index is 12.1. The van der Waals surface area contributed by atoms with Crippen molar-refractivity contribution in [1.82, 2.24) is 14.7 Å². The molecule has 0 amide bonds. The van der Waals surface area contributed by atoms with Crippen LogP contribution >= 0.6 is 0 Å². The standard InChI is InChI=1S/C24H25N3O3/c28-23(29)24-16-26(15-20(24)11-12-30-17-24)13-19-14-27(21-9-5-2-6-10-21)25-22(19)18-7-3-1-4-8-18/h1-10,14,20H,11-13,15-17H2,(H,28,29)/t20-,24+/m0/s1. The van der Waals surface area contributed by atoms with E-state index >= 15 is 0 Å². The second-order valence-electron chi connectivity index (χ2n) is 8.32. The molecular formula is C24H25N3O3. The summed E-state index contributed by atoms with van der Waals surface area (Å²) in [5.74, 6) is -0.606. The maximum Gasteiger partial charge on any atom is 0.313 e. The minimum atomic E-state index is -0.791. The maximum atomic E-state index is 12.1. The SMILES string of the molecule is O=C(O)[C@]12COCC[C@H]1CN(Cc1cn(-c3ccccc3)nc1-c1ccccc1)C2. The van der Waals surface area contributed by atoms with Crippen LogP contribution in [0.2, 0.25) is 0 Å². The van der Waals surface area contributed by atoms with Crippen molar-refractivity contribution >= 4 is 5.97 Å². The first-order valence-electron chi connectivity index (χ1n) is 10.4. The van der Waals surface area contributed by atoms with Crippen molar-refractivity contribution in [3.63, 3.8) is 0 Å². The zero-order valence-electron chi connectivity index (χ0n) is 16.8. The number of carboxylic acids is 1. The van der Waals surface area contributed by atoms with Crippen molar-refractivity contribution in [2.45, 2.75) is 13.0 Å². The summed E-state index contributed by atoms with van der Waals surface area (Å²) < 4.78 is 7.49. The summed E-state index contributed by atoms with van der Waals surface area (Å²) in [5, 5.41) is 14.8. The number of hydrogen-bond donors (Lipinski definition) is 1. The monoisotopic (exact) mass is 403 g/mol. The molecule has 30 heavy (non-hydrogen) atoms. The zero-order valence-corrected chi connectivity index (χ0v) is 16.8. The van der Waals surface area contributed by atoms with Gasteiger partial charge in [-0.15, -0.1) is 0 Å². The van der Waals surface area contributed by atoms with E-state index in [1.165, 1.54) is 0 Å². The average Bonchev–Trinajstić information content (AvgIpc) is 3.37. The third kappa shape index (κ3) is 3.32. The molecule has 2 aromatic carbocycles. The van der Waals surface area contributed by atoms with Crippen LogP contribution in [-0.2, 0) is 16.1 Å². The highest BCUT2D eigenvalue weighted by molar-refractivity contribution is 5.76. The third-order valence-electron chi connectivity index (χ3n) is 6.41. The number of ether oxygens (including phenoxy) is 1. The lowest BCUT2D eigenvalue weighted by atomic mass is 9.76. The summed E-state index contributed by atoms with van der Waals surface area (Å²) in [5.41, 5.74) is 3.32. The summed E-state index contributed by atoms with van der Waals surface area (Å²) in [6, 6.07) is 20.2. The lowest BCUT2D eigenvalue weighted by Gasteiger charge is -2.34. The Labute approximate surface area is 175 Å². The van der Waals surface area contributed by atoms with E-state index in [9.17, 15) is 9.90 Å². The first-order valence-corrected chi connectivity index (χ1v) is 10.4. The summed E-state index contributed by atoms with van der Waals surface area (Å²) in [6.07, 6.45) is 2.88. The number of likely N-dealkylation sites (tertiary alicyclic amines) is 1. The lowest BCUT2D eigenvalue weighted by Crippen LogP contribution is -2.46. The van der Waals surface area contributed by atoms with Gasteiger partial charge in [0.15, 0.2) is 0 Å². The van der Waals surface area contributed by atoms with Gasteiger partial charge >= 0.3 is 5.97 Å². The molecule has 5 rings (SSSR count). The van der Waals surface area contributed by atoms with E-state index in [1.54, 1.807) is 0 Å². The molecule has 0 bridgehead atoms. The Balaban J connectivity index is 1.48. The molecule has 6 heteroatoms. The van der Waals surface area contributed by atoms with Gasteiger partial charge in [0, 0.05) is 43.6 Å². The Morgan fingerprint density at radius 2 is 1.87 bits per heavy atom. The minimum absolute atomic E-state index is 0.132. The molecule has 2 saturated heterocycles. The van der Waals surface area contributed by atoms with Crippen molar-refractivity contribution in [3.8, 4) is 16.9 Å². The van der Waals surface area contributed by atoms with Crippen molar-refractivity contribution in [3.05, 3.63) is 72.4 Å². The van der Waals surface area contributed by atoms with Gasteiger partial charge in [-0.3, -0.25) is 9.69 Å². The molecule has 2 atom stereocenters. The number of nitrogens with zero attached hydrogens (tertiary/aromatic N) is 3. The summed E-state index contributed by atoms with van der Waals surface area (Å²) in [7, 11) is 0. The van der Waals surface area contributed by atoms with Crippen molar-refractivity contribution in [2.75, 3.05) is 26.3 Å². The first kappa shape index (κ1) is 19.0. The van der Waals surface area contributed by atoms with Crippen LogP contribution < -0.4 is 0 Å². The van der Waals surface area contributed by atoms with E-state index in [-0.39, 0.29) is 5.92 Å². The van der Waals surface area contributed by atoms with E-state index in [0.717, 1.165) is 35.5 Å². The highest BCUT2D eigenvalue weighted by Gasteiger charge is 2.54. The molecule has 3 aromatic rings. The third-order valence-corrected chi connectivity index (χ3v) is 6.41. The average molecular weight is 403 g/mol. The first-order chi connectivity index (χ1) is 14.7. The molecule has 1 aromatic heterocycles. The Morgan fingerprint density at radius 1 is 1.13 bits per heavy atom.